The lowest BCUT2D eigenvalue weighted by atomic mass is 10.2. The quantitative estimate of drug-likeness (QED) is 0.396. The third-order valence-electron chi connectivity index (χ3n) is 4.04. The van der Waals surface area contributed by atoms with E-state index in [9.17, 15) is 8.78 Å². The van der Waals surface area contributed by atoms with Crippen LogP contribution in [-0.2, 0) is 13.1 Å². The van der Waals surface area contributed by atoms with Gasteiger partial charge in [0, 0.05) is 24.2 Å². The molecule has 3 aromatic rings. The van der Waals surface area contributed by atoms with Crippen molar-refractivity contribution < 1.29 is 13.5 Å². The predicted molar refractivity (Wildman–Crippen MR) is 109 cm³/mol. The van der Waals surface area contributed by atoms with Crippen molar-refractivity contribution in [2.24, 2.45) is 4.99 Å². The Labute approximate surface area is 172 Å². The van der Waals surface area contributed by atoms with Crippen LogP contribution in [0.15, 0.2) is 59.7 Å². The molecule has 1 aromatic heterocycles. The minimum atomic E-state index is -2.91. The molecule has 0 radical (unpaired) electrons. The normalized spacial score (nSPS) is 11.6. The number of alkyl halides is 2. The van der Waals surface area contributed by atoms with Gasteiger partial charge in [-0.1, -0.05) is 41.9 Å². The number of rotatable bonds is 7. The van der Waals surface area contributed by atoms with E-state index in [1.807, 2.05) is 30.3 Å². The fourth-order valence-electron chi connectivity index (χ4n) is 2.68. The Balaban J connectivity index is 1.58. The van der Waals surface area contributed by atoms with Crippen LogP contribution in [0.5, 0.6) is 5.75 Å². The SMILES string of the molecule is CN=C(NCc1ncc(-c2ccccc2)[nH]1)NCc1cc(Cl)ccc1OC(F)F. The molecule has 0 spiro atoms. The summed E-state index contributed by atoms with van der Waals surface area (Å²) in [7, 11) is 1.61. The van der Waals surface area contributed by atoms with E-state index in [0.717, 1.165) is 17.1 Å². The molecular formula is C20H20ClF2N5O. The molecule has 9 heteroatoms. The molecule has 1 heterocycles. The number of hydrogen-bond donors (Lipinski definition) is 3. The van der Waals surface area contributed by atoms with Crippen molar-refractivity contribution >= 4 is 17.6 Å². The van der Waals surface area contributed by atoms with Gasteiger partial charge < -0.3 is 20.4 Å². The van der Waals surface area contributed by atoms with Crippen molar-refractivity contribution in [3.63, 3.8) is 0 Å². The van der Waals surface area contributed by atoms with Gasteiger partial charge in [-0.05, 0) is 23.8 Å². The summed E-state index contributed by atoms with van der Waals surface area (Å²) in [5.74, 6) is 1.27. The number of aliphatic imine (C=N–C) groups is 1. The van der Waals surface area contributed by atoms with E-state index >= 15 is 0 Å². The fourth-order valence-corrected chi connectivity index (χ4v) is 2.88. The van der Waals surface area contributed by atoms with E-state index in [-0.39, 0.29) is 12.3 Å². The molecule has 0 aliphatic carbocycles. The van der Waals surface area contributed by atoms with Gasteiger partial charge in [-0.2, -0.15) is 8.78 Å². The molecule has 0 aliphatic heterocycles. The molecule has 0 amide bonds. The molecule has 0 unspecified atom stereocenters. The van der Waals surface area contributed by atoms with Crippen molar-refractivity contribution in [2.75, 3.05) is 7.05 Å². The molecule has 0 saturated heterocycles. The highest BCUT2D eigenvalue weighted by atomic mass is 35.5. The zero-order valence-electron chi connectivity index (χ0n) is 15.6. The molecule has 3 N–H and O–H groups in total. The van der Waals surface area contributed by atoms with Crippen LogP contribution in [0, 0.1) is 0 Å². The van der Waals surface area contributed by atoms with Gasteiger partial charge in [-0.25, -0.2) is 4.98 Å². The first-order chi connectivity index (χ1) is 14.0. The highest BCUT2D eigenvalue weighted by molar-refractivity contribution is 6.30. The predicted octanol–water partition coefficient (Wildman–Crippen LogP) is 4.20. The maximum atomic E-state index is 12.6. The molecule has 3 rings (SSSR count). The summed E-state index contributed by atoms with van der Waals surface area (Å²) in [5.41, 5.74) is 2.45. The van der Waals surface area contributed by atoms with Crippen LogP contribution in [0.2, 0.25) is 5.02 Å². The largest absolute Gasteiger partial charge is 0.434 e. The third-order valence-corrected chi connectivity index (χ3v) is 4.28. The highest BCUT2D eigenvalue weighted by Crippen LogP contribution is 2.24. The first kappa shape index (κ1) is 20.6. The fraction of sp³-hybridized carbons (Fsp3) is 0.200. The molecule has 152 valence electrons. The number of ether oxygens (including phenoxy) is 1. The van der Waals surface area contributed by atoms with E-state index in [1.54, 1.807) is 19.3 Å². The Morgan fingerprint density at radius 2 is 1.93 bits per heavy atom. The monoisotopic (exact) mass is 419 g/mol. The van der Waals surface area contributed by atoms with Crippen LogP contribution in [0.4, 0.5) is 8.78 Å². The van der Waals surface area contributed by atoms with E-state index in [2.05, 4.69) is 30.3 Å². The standard InChI is InChI=1S/C20H20ClF2N5O/c1-24-20(26-10-14-9-15(21)7-8-17(14)29-19(22)23)27-12-18-25-11-16(28-18)13-5-3-2-4-6-13/h2-9,11,19H,10,12H2,1H3,(H,25,28)(H2,24,26,27). The van der Waals surface area contributed by atoms with Crippen LogP contribution in [0.25, 0.3) is 11.3 Å². The van der Waals surface area contributed by atoms with Crippen LogP contribution in [0.1, 0.15) is 11.4 Å². The maximum Gasteiger partial charge on any atom is 0.387 e. The topological polar surface area (TPSA) is 74.3 Å². The van der Waals surface area contributed by atoms with Gasteiger partial charge >= 0.3 is 6.61 Å². The molecule has 6 nitrogen and oxygen atoms in total. The molecule has 0 aliphatic rings. The second kappa shape index (κ2) is 9.88. The Morgan fingerprint density at radius 1 is 1.17 bits per heavy atom. The molecule has 2 aromatic carbocycles. The summed E-state index contributed by atoms with van der Waals surface area (Å²) in [6.07, 6.45) is 1.77. The first-order valence-corrected chi connectivity index (χ1v) is 9.20. The zero-order chi connectivity index (χ0) is 20.6. The average Bonchev–Trinajstić information content (AvgIpc) is 3.19. The number of nitrogens with zero attached hydrogens (tertiary/aromatic N) is 2. The Kier molecular flexibility index (Phi) is 7.02. The number of imidazole rings is 1. The van der Waals surface area contributed by atoms with Crippen LogP contribution in [-0.4, -0.2) is 29.6 Å². The number of nitrogens with one attached hydrogen (secondary N) is 3. The summed E-state index contributed by atoms with van der Waals surface area (Å²) in [4.78, 5) is 11.7. The molecule has 0 bridgehead atoms. The van der Waals surface area contributed by atoms with Gasteiger partial charge in [-0.15, -0.1) is 0 Å². The molecule has 0 saturated carbocycles. The van der Waals surface area contributed by atoms with E-state index in [4.69, 9.17) is 11.6 Å². The van der Waals surface area contributed by atoms with Gasteiger partial charge in [0.05, 0.1) is 18.4 Å². The van der Waals surface area contributed by atoms with Crippen LogP contribution >= 0.6 is 11.6 Å². The van der Waals surface area contributed by atoms with Gasteiger partial charge in [0.15, 0.2) is 5.96 Å². The van der Waals surface area contributed by atoms with Gasteiger partial charge in [0.2, 0.25) is 0 Å². The van der Waals surface area contributed by atoms with E-state index in [0.29, 0.717) is 23.1 Å². The number of aromatic amines is 1. The van der Waals surface area contributed by atoms with Gasteiger partial charge in [0.25, 0.3) is 0 Å². The van der Waals surface area contributed by atoms with Crippen LogP contribution in [0.3, 0.4) is 0 Å². The summed E-state index contributed by atoms with van der Waals surface area (Å²) >= 11 is 5.97. The third kappa shape index (κ3) is 5.92. The summed E-state index contributed by atoms with van der Waals surface area (Å²) < 4.78 is 29.7. The Hall–Kier alpha value is -3.13. The zero-order valence-corrected chi connectivity index (χ0v) is 16.4. The molecular weight excluding hydrogens is 400 g/mol. The second-order valence-electron chi connectivity index (χ2n) is 6.02. The first-order valence-electron chi connectivity index (χ1n) is 8.82. The summed E-state index contributed by atoms with van der Waals surface area (Å²) in [5, 5.41) is 6.59. The number of halogens is 3. The number of guanidine groups is 1. The number of hydrogen-bond acceptors (Lipinski definition) is 3. The van der Waals surface area contributed by atoms with Crippen LogP contribution < -0.4 is 15.4 Å². The Bertz CT molecular complexity index is 963. The average molecular weight is 420 g/mol. The van der Waals surface area contributed by atoms with Crippen molar-refractivity contribution in [1.29, 1.82) is 0 Å². The molecule has 29 heavy (non-hydrogen) atoms. The number of H-pyrrole nitrogens is 1. The smallest absolute Gasteiger partial charge is 0.387 e. The lowest BCUT2D eigenvalue weighted by molar-refractivity contribution is -0.0504. The lowest BCUT2D eigenvalue weighted by Crippen LogP contribution is -2.36. The van der Waals surface area contributed by atoms with Crippen molar-refractivity contribution in [2.45, 2.75) is 19.7 Å². The number of aromatic nitrogens is 2. The van der Waals surface area contributed by atoms with E-state index in [1.165, 1.54) is 12.1 Å². The van der Waals surface area contributed by atoms with Crippen molar-refractivity contribution in [1.82, 2.24) is 20.6 Å². The minimum Gasteiger partial charge on any atom is -0.434 e. The Morgan fingerprint density at radius 3 is 2.66 bits per heavy atom. The number of benzene rings is 2. The van der Waals surface area contributed by atoms with Crippen molar-refractivity contribution in [3.05, 3.63) is 71.1 Å². The maximum absolute atomic E-state index is 12.6. The molecule has 0 atom stereocenters. The summed E-state index contributed by atoms with van der Waals surface area (Å²) in [6.45, 7) is -2.30. The second-order valence-corrected chi connectivity index (χ2v) is 6.46. The molecule has 0 fully saturated rings. The van der Waals surface area contributed by atoms with Gasteiger partial charge in [-0.3, -0.25) is 4.99 Å². The van der Waals surface area contributed by atoms with Crippen molar-refractivity contribution in [3.8, 4) is 17.0 Å². The summed E-state index contributed by atoms with van der Waals surface area (Å²) in [6, 6.07) is 14.3. The minimum absolute atomic E-state index is 0.0610. The lowest BCUT2D eigenvalue weighted by Gasteiger charge is -2.14. The van der Waals surface area contributed by atoms with Gasteiger partial charge in [0.1, 0.15) is 11.6 Å². The highest BCUT2D eigenvalue weighted by Gasteiger charge is 2.11. The van der Waals surface area contributed by atoms with E-state index < -0.39 is 6.61 Å².